The van der Waals surface area contributed by atoms with Gasteiger partial charge in [-0.05, 0) is 31.2 Å². The van der Waals surface area contributed by atoms with Gasteiger partial charge in [-0.15, -0.1) is 0 Å². The van der Waals surface area contributed by atoms with Gasteiger partial charge in [0.2, 0.25) is 17.6 Å². The predicted molar refractivity (Wildman–Crippen MR) is 130 cm³/mol. The van der Waals surface area contributed by atoms with Crippen LogP contribution < -0.4 is 16.6 Å². The van der Waals surface area contributed by atoms with Gasteiger partial charge in [0.15, 0.2) is 10.8 Å². The van der Waals surface area contributed by atoms with E-state index in [0.717, 1.165) is 25.0 Å². The topological polar surface area (TPSA) is 138 Å². The minimum Gasteiger partial charge on any atom is -0.339 e. The average molecular weight is 490 g/mol. The molecular formula is C23H19N7O4S. The van der Waals surface area contributed by atoms with E-state index in [4.69, 9.17) is 4.52 Å². The highest BCUT2D eigenvalue weighted by atomic mass is 32.1. The first kappa shape index (κ1) is 22.3. The highest BCUT2D eigenvalue weighted by Gasteiger charge is 2.19. The molecule has 0 radical (unpaired) electrons. The van der Waals surface area contributed by atoms with Crippen LogP contribution in [-0.2, 0) is 18.3 Å². The van der Waals surface area contributed by atoms with E-state index in [-0.39, 0.29) is 36.2 Å². The lowest BCUT2D eigenvalue weighted by molar-refractivity contribution is -0.116. The summed E-state index contributed by atoms with van der Waals surface area (Å²) in [7, 11) is 1.36. The standard InChI is InChI=1S/C23H19N7O4S/c1-13-7-9-14(10-8-13)30-23(33)29(2)21(32)19(27-30)20-26-18(34-28-20)12-11-17(31)25-22-24-15-5-3-4-6-16(15)35-22/h3-10H,11-12H2,1-2H3,(H,24,25,31). The van der Waals surface area contributed by atoms with E-state index in [1.807, 2.05) is 43.3 Å². The molecule has 2 aromatic carbocycles. The molecule has 0 fully saturated rings. The lowest BCUT2D eigenvalue weighted by Crippen LogP contribution is -2.40. The Morgan fingerprint density at radius 1 is 1.09 bits per heavy atom. The van der Waals surface area contributed by atoms with Crippen LogP contribution >= 0.6 is 11.3 Å². The third kappa shape index (κ3) is 4.51. The van der Waals surface area contributed by atoms with E-state index in [2.05, 4.69) is 25.5 Å². The van der Waals surface area contributed by atoms with Crippen LogP contribution in [0.1, 0.15) is 17.9 Å². The minimum atomic E-state index is -0.653. The summed E-state index contributed by atoms with van der Waals surface area (Å²) in [6.45, 7) is 1.92. The molecule has 11 nitrogen and oxygen atoms in total. The van der Waals surface area contributed by atoms with Crippen molar-refractivity contribution in [2.45, 2.75) is 19.8 Å². The van der Waals surface area contributed by atoms with Crippen LogP contribution in [-0.4, -0.2) is 35.4 Å². The number of aryl methyl sites for hydroxylation is 2. The molecule has 0 aliphatic rings. The minimum absolute atomic E-state index is 0.0620. The number of nitrogens with zero attached hydrogens (tertiary/aromatic N) is 6. The van der Waals surface area contributed by atoms with Gasteiger partial charge in [0.05, 0.1) is 15.9 Å². The van der Waals surface area contributed by atoms with Crippen molar-refractivity contribution in [2.75, 3.05) is 5.32 Å². The van der Waals surface area contributed by atoms with Crippen LogP contribution in [0.15, 0.2) is 62.6 Å². The van der Waals surface area contributed by atoms with Crippen LogP contribution in [0.5, 0.6) is 0 Å². The second kappa shape index (κ2) is 9.06. The van der Waals surface area contributed by atoms with E-state index < -0.39 is 11.2 Å². The largest absolute Gasteiger partial charge is 0.351 e. The Morgan fingerprint density at radius 2 is 1.86 bits per heavy atom. The number of nitrogens with one attached hydrogen (secondary N) is 1. The summed E-state index contributed by atoms with van der Waals surface area (Å²) in [6, 6.07) is 14.7. The van der Waals surface area contributed by atoms with Gasteiger partial charge >= 0.3 is 5.69 Å². The van der Waals surface area contributed by atoms with Gasteiger partial charge in [-0.2, -0.15) is 14.8 Å². The quantitative estimate of drug-likeness (QED) is 0.384. The van der Waals surface area contributed by atoms with E-state index >= 15 is 0 Å². The molecule has 176 valence electrons. The number of benzene rings is 2. The summed E-state index contributed by atoms with van der Waals surface area (Å²) in [4.78, 5) is 46.2. The third-order valence-corrected chi connectivity index (χ3v) is 6.19. The van der Waals surface area contributed by atoms with E-state index in [0.29, 0.717) is 10.8 Å². The van der Waals surface area contributed by atoms with E-state index in [1.54, 1.807) is 12.1 Å². The zero-order valence-electron chi connectivity index (χ0n) is 18.8. The van der Waals surface area contributed by atoms with Gasteiger partial charge in [0, 0.05) is 19.9 Å². The highest BCUT2D eigenvalue weighted by molar-refractivity contribution is 7.22. The first-order valence-corrected chi connectivity index (χ1v) is 11.5. The molecule has 5 rings (SSSR count). The smallest absolute Gasteiger partial charge is 0.339 e. The Labute approximate surface area is 201 Å². The van der Waals surface area contributed by atoms with Crippen LogP contribution in [0, 0.1) is 6.92 Å². The average Bonchev–Trinajstić information content (AvgIpc) is 3.49. The molecule has 0 aliphatic heterocycles. The van der Waals surface area contributed by atoms with Crippen LogP contribution in [0.3, 0.4) is 0 Å². The summed E-state index contributed by atoms with van der Waals surface area (Å²) in [5.74, 6) is -0.157. The number of carbonyl (C=O) groups is 1. The number of para-hydroxylation sites is 1. The summed E-state index contributed by atoms with van der Waals surface area (Å²) in [5, 5.41) is 11.3. The zero-order valence-corrected chi connectivity index (χ0v) is 19.6. The molecule has 3 heterocycles. The summed E-state index contributed by atoms with van der Waals surface area (Å²) < 4.78 is 8.24. The molecule has 0 unspecified atom stereocenters. The van der Waals surface area contributed by atoms with Crippen LogP contribution in [0.2, 0.25) is 0 Å². The normalized spacial score (nSPS) is 11.1. The Kier molecular flexibility index (Phi) is 5.79. The Hall–Kier alpha value is -4.45. The van der Waals surface area contributed by atoms with Crippen molar-refractivity contribution in [3.63, 3.8) is 0 Å². The van der Waals surface area contributed by atoms with Crippen LogP contribution in [0.4, 0.5) is 5.13 Å². The molecule has 0 saturated carbocycles. The number of fused-ring (bicyclic) bond motifs is 1. The molecule has 35 heavy (non-hydrogen) atoms. The zero-order chi connectivity index (χ0) is 24.5. The number of thiazole rings is 1. The number of hydrogen-bond acceptors (Lipinski definition) is 9. The van der Waals surface area contributed by atoms with Gasteiger partial charge in [0.25, 0.3) is 5.56 Å². The molecule has 1 amide bonds. The summed E-state index contributed by atoms with van der Waals surface area (Å²) >= 11 is 1.39. The van der Waals surface area contributed by atoms with Gasteiger partial charge in [-0.3, -0.25) is 14.2 Å². The summed E-state index contributed by atoms with van der Waals surface area (Å²) in [5.41, 5.74) is 0.934. The first-order chi connectivity index (χ1) is 16.9. The first-order valence-electron chi connectivity index (χ1n) is 10.6. The fourth-order valence-electron chi connectivity index (χ4n) is 3.35. The maximum absolute atomic E-state index is 12.7. The Morgan fingerprint density at radius 3 is 2.63 bits per heavy atom. The number of carbonyl (C=O) groups excluding carboxylic acids is 1. The van der Waals surface area contributed by atoms with Crippen molar-refractivity contribution in [3.05, 3.63) is 80.8 Å². The van der Waals surface area contributed by atoms with Crippen molar-refractivity contribution >= 4 is 32.6 Å². The molecule has 0 spiro atoms. The number of hydrogen-bond donors (Lipinski definition) is 1. The number of anilines is 1. The van der Waals surface area contributed by atoms with Crippen LogP contribution in [0.25, 0.3) is 27.4 Å². The van der Waals surface area contributed by atoms with Crippen molar-refractivity contribution < 1.29 is 9.32 Å². The second-order valence-electron chi connectivity index (χ2n) is 7.79. The molecule has 0 saturated heterocycles. The SMILES string of the molecule is Cc1ccc(-n2nc(-c3noc(CCC(=O)Nc4nc5ccccc5s4)n3)c(=O)n(C)c2=O)cc1. The van der Waals surface area contributed by atoms with Gasteiger partial charge in [-0.1, -0.05) is 46.3 Å². The highest BCUT2D eigenvalue weighted by Crippen LogP contribution is 2.25. The monoisotopic (exact) mass is 489 g/mol. The fraction of sp³-hybridized carbons (Fsp3) is 0.174. The molecule has 12 heteroatoms. The van der Waals surface area contributed by atoms with Gasteiger partial charge in [-0.25, -0.2) is 9.78 Å². The number of rotatable bonds is 6. The molecule has 5 aromatic rings. The number of aromatic nitrogens is 6. The maximum atomic E-state index is 12.7. The molecule has 3 aromatic heterocycles. The van der Waals surface area contributed by atoms with Gasteiger partial charge in [0.1, 0.15) is 0 Å². The molecule has 0 aliphatic carbocycles. The molecule has 1 N–H and O–H groups in total. The molecule has 0 bridgehead atoms. The number of amides is 1. The fourth-order valence-corrected chi connectivity index (χ4v) is 4.23. The molecular weight excluding hydrogens is 470 g/mol. The Bertz CT molecular complexity index is 1630. The summed E-state index contributed by atoms with van der Waals surface area (Å²) in [6.07, 6.45) is 0.230. The van der Waals surface area contributed by atoms with Crippen molar-refractivity contribution in [1.82, 2.24) is 29.5 Å². The lowest BCUT2D eigenvalue weighted by atomic mass is 10.2. The van der Waals surface area contributed by atoms with Crippen molar-refractivity contribution in [3.8, 4) is 17.2 Å². The van der Waals surface area contributed by atoms with Crippen molar-refractivity contribution in [2.24, 2.45) is 7.05 Å². The van der Waals surface area contributed by atoms with Crippen molar-refractivity contribution in [1.29, 1.82) is 0 Å². The third-order valence-electron chi connectivity index (χ3n) is 5.24. The predicted octanol–water partition coefficient (Wildman–Crippen LogP) is 2.47. The van der Waals surface area contributed by atoms with E-state index in [9.17, 15) is 14.4 Å². The Balaban J connectivity index is 1.33. The lowest BCUT2D eigenvalue weighted by Gasteiger charge is -2.08. The van der Waals surface area contributed by atoms with E-state index in [1.165, 1.54) is 18.4 Å². The molecule has 0 atom stereocenters. The van der Waals surface area contributed by atoms with Gasteiger partial charge < -0.3 is 9.84 Å². The second-order valence-corrected chi connectivity index (χ2v) is 8.82. The maximum Gasteiger partial charge on any atom is 0.351 e.